The lowest BCUT2D eigenvalue weighted by atomic mass is 10.1. The quantitative estimate of drug-likeness (QED) is 0.814. The third-order valence-corrected chi connectivity index (χ3v) is 3.74. The Kier molecular flexibility index (Phi) is 2.74. The number of nitrogens with zero attached hydrogens (tertiary/aromatic N) is 2. The van der Waals surface area contributed by atoms with Crippen LogP contribution in [0.5, 0.6) is 0 Å². The Hall–Kier alpha value is -1.55. The molecule has 2 aliphatic heterocycles. The highest BCUT2D eigenvalue weighted by molar-refractivity contribution is 5.95. The molecule has 0 spiro atoms. The van der Waals surface area contributed by atoms with E-state index in [-0.39, 0.29) is 6.03 Å². The van der Waals surface area contributed by atoms with Gasteiger partial charge < -0.3 is 10.2 Å². The Morgan fingerprint density at radius 1 is 1.22 bits per heavy atom. The molecule has 0 saturated carbocycles. The summed E-state index contributed by atoms with van der Waals surface area (Å²) in [6.07, 6.45) is 0. The van der Waals surface area contributed by atoms with Crippen LogP contribution in [0.3, 0.4) is 0 Å². The van der Waals surface area contributed by atoms with Crippen molar-refractivity contribution in [3.8, 4) is 0 Å². The van der Waals surface area contributed by atoms with Gasteiger partial charge in [-0.3, -0.25) is 4.90 Å². The maximum atomic E-state index is 12.4. The summed E-state index contributed by atoms with van der Waals surface area (Å²) >= 11 is 0. The van der Waals surface area contributed by atoms with Gasteiger partial charge >= 0.3 is 6.03 Å². The van der Waals surface area contributed by atoms with Crippen LogP contribution in [0.4, 0.5) is 10.5 Å². The fourth-order valence-corrected chi connectivity index (χ4v) is 2.94. The molecule has 1 N–H and O–H groups in total. The monoisotopic (exact) mass is 245 g/mol. The van der Waals surface area contributed by atoms with Crippen molar-refractivity contribution in [2.75, 3.05) is 31.1 Å². The molecular formula is C14H19N3O. The third-order valence-electron chi connectivity index (χ3n) is 3.74. The molecule has 1 aromatic rings. The van der Waals surface area contributed by atoms with E-state index in [4.69, 9.17) is 0 Å². The Balaban J connectivity index is 1.90. The maximum Gasteiger partial charge on any atom is 0.324 e. The van der Waals surface area contributed by atoms with Gasteiger partial charge in [0.25, 0.3) is 0 Å². The first kappa shape index (κ1) is 11.5. The van der Waals surface area contributed by atoms with E-state index in [1.165, 1.54) is 11.1 Å². The average Bonchev–Trinajstić information content (AvgIpc) is 2.66. The van der Waals surface area contributed by atoms with Crippen LogP contribution in [0, 0.1) is 13.8 Å². The second-order valence-electron chi connectivity index (χ2n) is 5.29. The molecule has 96 valence electrons. The SMILES string of the molecule is Cc1cc(C)cc(N2CC3CNCCN3C2=O)c1. The number of benzene rings is 1. The van der Waals surface area contributed by atoms with Gasteiger partial charge in [0.15, 0.2) is 0 Å². The van der Waals surface area contributed by atoms with E-state index >= 15 is 0 Å². The summed E-state index contributed by atoms with van der Waals surface area (Å²) < 4.78 is 0. The number of hydrogen-bond donors (Lipinski definition) is 1. The summed E-state index contributed by atoms with van der Waals surface area (Å²) in [5.74, 6) is 0. The lowest BCUT2D eigenvalue weighted by Crippen LogP contribution is -2.49. The van der Waals surface area contributed by atoms with Gasteiger partial charge in [0.2, 0.25) is 0 Å². The standard InChI is InChI=1S/C14H19N3O/c1-10-5-11(2)7-12(6-10)17-9-13-8-15-3-4-16(13)14(17)18/h5-7,13,15H,3-4,8-9H2,1-2H3. The van der Waals surface area contributed by atoms with Gasteiger partial charge in [-0.05, 0) is 37.1 Å². The first-order chi connectivity index (χ1) is 8.65. The van der Waals surface area contributed by atoms with Crippen molar-refractivity contribution in [1.82, 2.24) is 10.2 Å². The number of rotatable bonds is 1. The molecule has 0 radical (unpaired) electrons. The second-order valence-corrected chi connectivity index (χ2v) is 5.29. The topological polar surface area (TPSA) is 35.6 Å². The summed E-state index contributed by atoms with van der Waals surface area (Å²) in [7, 11) is 0. The summed E-state index contributed by atoms with van der Waals surface area (Å²) in [6, 6.07) is 6.81. The molecule has 1 atom stereocenters. The lowest BCUT2D eigenvalue weighted by Gasteiger charge is -2.28. The van der Waals surface area contributed by atoms with Crippen LogP contribution >= 0.6 is 0 Å². The van der Waals surface area contributed by atoms with Crippen molar-refractivity contribution in [2.24, 2.45) is 0 Å². The van der Waals surface area contributed by atoms with Crippen molar-refractivity contribution < 1.29 is 4.79 Å². The number of nitrogens with one attached hydrogen (secondary N) is 1. The highest BCUT2D eigenvalue weighted by atomic mass is 16.2. The number of carbonyl (C=O) groups is 1. The van der Waals surface area contributed by atoms with Crippen LogP contribution in [-0.2, 0) is 0 Å². The van der Waals surface area contributed by atoms with E-state index in [1.807, 2.05) is 9.80 Å². The van der Waals surface area contributed by atoms with Gasteiger partial charge in [-0.25, -0.2) is 4.79 Å². The van der Waals surface area contributed by atoms with Crippen molar-refractivity contribution >= 4 is 11.7 Å². The number of carbonyl (C=O) groups excluding carboxylic acids is 1. The summed E-state index contributed by atoms with van der Waals surface area (Å²) in [5, 5.41) is 3.35. The van der Waals surface area contributed by atoms with E-state index < -0.39 is 0 Å². The van der Waals surface area contributed by atoms with E-state index in [0.29, 0.717) is 6.04 Å². The van der Waals surface area contributed by atoms with E-state index in [0.717, 1.165) is 31.9 Å². The minimum absolute atomic E-state index is 0.159. The average molecular weight is 245 g/mol. The molecule has 1 unspecified atom stereocenters. The third kappa shape index (κ3) is 1.86. The molecule has 3 rings (SSSR count). The molecule has 4 heteroatoms. The number of anilines is 1. The predicted octanol–water partition coefficient (Wildman–Crippen LogP) is 1.52. The van der Waals surface area contributed by atoms with Crippen LogP contribution in [-0.4, -0.2) is 43.2 Å². The van der Waals surface area contributed by atoms with E-state index in [2.05, 4.69) is 37.4 Å². The van der Waals surface area contributed by atoms with Crippen molar-refractivity contribution in [3.63, 3.8) is 0 Å². The zero-order valence-electron chi connectivity index (χ0n) is 10.9. The van der Waals surface area contributed by atoms with Gasteiger partial charge in [0, 0.05) is 31.9 Å². The highest BCUT2D eigenvalue weighted by Crippen LogP contribution is 2.26. The van der Waals surface area contributed by atoms with E-state index in [9.17, 15) is 4.79 Å². The summed E-state index contributed by atoms with van der Waals surface area (Å²) in [5.41, 5.74) is 3.45. The predicted molar refractivity (Wildman–Crippen MR) is 72.0 cm³/mol. The van der Waals surface area contributed by atoms with Crippen LogP contribution in [0.1, 0.15) is 11.1 Å². The smallest absolute Gasteiger partial charge is 0.317 e. The minimum atomic E-state index is 0.159. The molecule has 0 aliphatic carbocycles. The number of amides is 2. The first-order valence-electron chi connectivity index (χ1n) is 6.52. The maximum absolute atomic E-state index is 12.4. The molecule has 1 aromatic carbocycles. The molecule has 2 heterocycles. The van der Waals surface area contributed by atoms with Gasteiger partial charge in [0.05, 0.1) is 6.04 Å². The van der Waals surface area contributed by atoms with Gasteiger partial charge in [-0.15, -0.1) is 0 Å². The van der Waals surface area contributed by atoms with Crippen molar-refractivity contribution in [2.45, 2.75) is 19.9 Å². The van der Waals surface area contributed by atoms with E-state index in [1.54, 1.807) is 0 Å². The zero-order valence-corrected chi connectivity index (χ0v) is 10.9. The Labute approximate surface area is 108 Å². The largest absolute Gasteiger partial charge is 0.324 e. The molecule has 0 aromatic heterocycles. The molecule has 2 fully saturated rings. The summed E-state index contributed by atoms with van der Waals surface area (Å²) in [6.45, 7) is 7.59. The van der Waals surface area contributed by atoms with Gasteiger partial charge in [-0.1, -0.05) is 6.07 Å². The lowest BCUT2D eigenvalue weighted by molar-refractivity contribution is 0.193. The minimum Gasteiger partial charge on any atom is -0.317 e. The van der Waals surface area contributed by atoms with Crippen LogP contribution < -0.4 is 10.2 Å². The van der Waals surface area contributed by atoms with Gasteiger partial charge in [0.1, 0.15) is 0 Å². The molecule has 18 heavy (non-hydrogen) atoms. The number of urea groups is 1. The number of fused-ring (bicyclic) bond motifs is 1. The number of aryl methyl sites for hydroxylation is 2. The fourth-order valence-electron chi connectivity index (χ4n) is 2.94. The van der Waals surface area contributed by atoms with Crippen molar-refractivity contribution in [3.05, 3.63) is 29.3 Å². The first-order valence-corrected chi connectivity index (χ1v) is 6.52. The molecule has 2 amide bonds. The Bertz CT molecular complexity index is 466. The Morgan fingerprint density at radius 2 is 1.94 bits per heavy atom. The van der Waals surface area contributed by atoms with Gasteiger partial charge in [-0.2, -0.15) is 0 Å². The molecule has 4 nitrogen and oxygen atoms in total. The number of piperazine rings is 1. The molecule has 2 aliphatic rings. The molecule has 0 bridgehead atoms. The Morgan fingerprint density at radius 3 is 2.61 bits per heavy atom. The van der Waals surface area contributed by atoms with Crippen LogP contribution in [0.15, 0.2) is 18.2 Å². The highest BCUT2D eigenvalue weighted by Gasteiger charge is 2.39. The molecule has 2 saturated heterocycles. The zero-order chi connectivity index (χ0) is 12.7. The summed E-state index contributed by atoms with van der Waals surface area (Å²) in [4.78, 5) is 16.3. The van der Waals surface area contributed by atoms with Crippen molar-refractivity contribution in [1.29, 1.82) is 0 Å². The normalized spacial score (nSPS) is 23.4. The number of hydrogen-bond acceptors (Lipinski definition) is 2. The van der Waals surface area contributed by atoms with Crippen LogP contribution in [0.2, 0.25) is 0 Å². The molecular weight excluding hydrogens is 226 g/mol. The second kappa shape index (κ2) is 4.28. The fraction of sp³-hybridized carbons (Fsp3) is 0.500. The van der Waals surface area contributed by atoms with Crippen LogP contribution in [0.25, 0.3) is 0 Å².